The van der Waals surface area contributed by atoms with Crippen molar-refractivity contribution >= 4 is 29.0 Å². The molecule has 11 atom stereocenters. The molecule has 5 aromatic rings. The largest absolute Gasteiger partial charge is 0.482 e. The number of methoxy groups -OCH3 is 1. The van der Waals surface area contributed by atoms with Crippen molar-refractivity contribution in [2.24, 2.45) is 29.1 Å². The van der Waals surface area contributed by atoms with Crippen LogP contribution in [0.1, 0.15) is 184 Å². The lowest BCUT2D eigenvalue weighted by Crippen LogP contribution is -2.63. The van der Waals surface area contributed by atoms with Crippen LogP contribution in [0, 0.1) is 29.1 Å². The molecule has 11 nitrogen and oxygen atoms in total. The summed E-state index contributed by atoms with van der Waals surface area (Å²) in [7, 11) is 1.52. The Morgan fingerprint density at radius 2 is 1.65 bits per heavy atom. The van der Waals surface area contributed by atoms with Gasteiger partial charge in [-0.3, -0.25) is 4.79 Å². The van der Waals surface area contributed by atoms with Crippen molar-refractivity contribution in [3.63, 3.8) is 0 Å². The lowest BCUT2D eigenvalue weighted by atomic mass is 9.55. The lowest BCUT2D eigenvalue weighted by Gasteiger charge is -2.57. The van der Waals surface area contributed by atoms with Gasteiger partial charge in [-0.2, -0.15) is 0 Å². The first-order chi connectivity index (χ1) is 40.5. The van der Waals surface area contributed by atoms with E-state index in [1.807, 2.05) is 6.07 Å². The number of hydrogen-bond donors (Lipinski definition) is 3. The maximum absolute atomic E-state index is 15.8. The Morgan fingerprint density at radius 1 is 0.819 bits per heavy atom. The van der Waals surface area contributed by atoms with Gasteiger partial charge >= 0.3 is 17.6 Å². The third kappa shape index (κ3) is 9.79. The van der Waals surface area contributed by atoms with Crippen molar-refractivity contribution in [1.29, 1.82) is 0 Å². The van der Waals surface area contributed by atoms with Crippen molar-refractivity contribution in [3.8, 4) is 5.75 Å². The van der Waals surface area contributed by atoms with E-state index >= 15 is 9.59 Å². The minimum Gasteiger partial charge on any atom is -0.482 e. The molecule has 2 spiro atoms. The summed E-state index contributed by atoms with van der Waals surface area (Å²) < 4.78 is 33.9. The number of esters is 2. The van der Waals surface area contributed by atoms with E-state index in [0.717, 1.165) is 68.9 Å². The molecule has 1 aromatic heterocycles. The Hall–Kier alpha value is -6.37. The fourth-order valence-electron chi connectivity index (χ4n) is 17.4. The highest BCUT2D eigenvalue weighted by Gasteiger charge is 2.63. The summed E-state index contributed by atoms with van der Waals surface area (Å²) in [4.78, 5) is 46.0. The maximum atomic E-state index is 15.8. The van der Waals surface area contributed by atoms with E-state index in [4.69, 9.17) is 23.4 Å². The van der Waals surface area contributed by atoms with Crippen LogP contribution in [0.2, 0.25) is 0 Å². The van der Waals surface area contributed by atoms with Crippen molar-refractivity contribution < 1.29 is 48.3 Å². The van der Waals surface area contributed by atoms with Crippen LogP contribution < -0.4 is 10.4 Å². The molecule has 9 aliphatic rings. The van der Waals surface area contributed by atoms with Crippen LogP contribution in [0.3, 0.4) is 0 Å². The minimum absolute atomic E-state index is 0.000285. The highest BCUT2D eigenvalue weighted by molar-refractivity contribution is 5.90. The molecule has 11 unspecified atom stereocenters. The molecule has 11 heteroatoms. The summed E-state index contributed by atoms with van der Waals surface area (Å²) in [6.45, 7) is 0.733. The quantitative estimate of drug-likeness (QED) is 0.0557. The number of aliphatic hydroxyl groups is 3. The highest BCUT2D eigenvalue weighted by Crippen LogP contribution is 2.62. The number of benzene rings is 4. The number of aliphatic hydroxyl groups excluding tert-OH is 3. The molecule has 3 N–H and O–H groups in total. The van der Waals surface area contributed by atoms with E-state index < -0.39 is 47.9 Å². The minimum atomic E-state index is -1.33. The van der Waals surface area contributed by atoms with E-state index in [9.17, 15) is 20.1 Å². The first kappa shape index (κ1) is 55.8. The summed E-state index contributed by atoms with van der Waals surface area (Å²) in [5.41, 5.74) is 7.04. The molecule has 3 aliphatic heterocycles. The molecule has 3 saturated carbocycles. The van der Waals surface area contributed by atoms with Gasteiger partial charge in [-0.25, -0.2) is 9.59 Å². The van der Waals surface area contributed by atoms with Gasteiger partial charge in [0, 0.05) is 72.2 Å². The molecular weight excluding hydrogens is 1040 g/mol. The Bertz CT molecular complexity index is 3460. The predicted octanol–water partition coefficient (Wildman–Crippen LogP) is 13.3. The molecule has 14 rings (SSSR count). The van der Waals surface area contributed by atoms with Crippen molar-refractivity contribution in [1.82, 2.24) is 0 Å². The molecule has 6 aliphatic carbocycles. The van der Waals surface area contributed by atoms with Gasteiger partial charge < -0.3 is 38.7 Å². The number of hydrogen-bond acceptors (Lipinski definition) is 11. The van der Waals surface area contributed by atoms with Crippen molar-refractivity contribution in [3.05, 3.63) is 187 Å². The van der Waals surface area contributed by atoms with Crippen molar-refractivity contribution in [2.75, 3.05) is 26.9 Å². The number of aryl methyl sites for hydroxylation is 1. The fraction of sp³-hybridized carbons (Fsp3) is 0.486. The summed E-state index contributed by atoms with van der Waals surface area (Å²) in [6.07, 6.45) is 25.3. The zero-order valence-electron chi connectivity index (χ0n) is 48.2. The van der Waals surface area contributed by atoms with E-state index in [1.54, 1.807) is 13.0 Å². The average molecular weight is 1120 g/mol. The number of carbonyl (C=O) groups is 2. The van der Waals surface area contributed by atoms with E-state index in [2.05, 4.69) is 109 Å². The van der Waals surface area contributed by atoms with Gasteiger partial charge in [0.05, 0.1) is 25.4 Å². The summed E-state index contributed by atoms with van der Waals surface area (Å²) in [5, 5.41) is 32.6. The summed E-state index contributed by atoms with van der Waals surface area (Å²) in [6, 6.07) is 30.3. The van der Waals surface area contributed by atoms with E-state index in [-0.39, 0.29) is 96.2 Å². The van der Waals surface area contributed by atoms with Gasteiger partial charge in [-0.15, -0.1) is 0 Å². The smallest absolute Gasteiger partial charge is 0.340 e. The molecule has 434 valence electrons. The summed E-state index contributed by atoms with van der Waals surface area (Å²) in [5.74, 6) is -1.35. The molecule has 4 aromatic carbocycles. The third-order valence-electron chi connectivity index (χ3n) is 21.6. The topological polar surface area (TPSA) is 162 Å². The highest BCUT2D eigenvalue weighted by atomic mass is 16.6. The standard InChI is InChI=1S/C72H80O11/c1-44(41-74)55-25-19-45-17-20-46(21-18-45)56-26-23-50(49-12-9-15-54(38-49)71-33-6-5-14-53(71)24-22-47-11-3-4-16-59(47)71)37-52(56)39-62(76)80-66-64-61(28-27-57-58(42-75)63(69(78)81-65(57)64)51(30-36-73)43-79-2)83-72(67(66)82-68(55)77)34-10-13-48-29-35-70(40-60(48)72)31-7-8-32-70/h3-4,9-13,15-18,20-24,26-28,38,48,50-53,56,60,66-67,73-75H,5-8,14,19,25,29-37,39-43H2,1-2H3. The monoisotopic (exact) mass is 1120 g/mol. The van der Waals surface area contributed by atoms with Crippen LogP contribution in [0.25, 0.3) is 17.0 Å². The first-order valence-corrected chi connectivity index (χ1v) is 31.0. The van der Waals surface area contributed by atoms with Crippen LogP contribution in [-0.2, 0) is 42.2 Å². The molecule has 0 saturated heterocycles. The molecule has 83 heavy (non-hydrogen) atoms. The Labute approximate surface area is 487 Å². The first-order valence-electron chi connectivity index (χ1n) is 31.0. The van der Waals surface area contributed by atoms with Crippen molar-refractivity contribution in [2.45, 2.75) is 164 Å². The van der Waals surface area contributed by atoms with E-state index in [0.29, 0.717) is 53.0 Å². The molecule has 4 heterocycles. The number of carbonyl (C=O) groups excluding carboxylic acids is 2. The van der Waals surface area contributed by atoms with Crippen LogP contribution in [0.5, 0.6) is 5.75 Å². The maximum Gasteiger partial charge on any atom is 0.340 e. The van der Waals surface area contributed by atoms with Gasteiger partial charge in [0.1, 0.15) is 11.3 Å². The fourth-order valence-corrected chi connectivity index (χ4v) is 17.4. The van der Waals surface area contributed by atoms with Gasteiger partial charge in [0.25, 0.3) is 0 Å². The Morgan fingerprint density at radius 3 is 2.46 bits per heavy atom. The van der Waals surface area contributed by atoms with Gasteiger partial charge in [-0.1, -0.05) is 135 Å². The predicted molar refractivity (Wildman–Crippen MR) is 319 cm³/mol. The molecule has 3 fully saturated rings. The van der Waals surface area contributed by atoms with Gasteiger partial charge in [0.2, 0.25) is 0 Å². The Kier molecular flexibility index (Phi) is 15.4. The lowest BCUT2D eigenvalue weighted by molar-refractivity contribution is -0.212. The third-order valence-corrected chi connectivity index (χ3v) is 21.6. The van der Waals surface area contributed by atoms with Gasteiger partial charge in [0.15, 0.2) is 17.8 Å². The number of rotatable bonds is 9. The second kappa shape index (κ2) is 22.9. The van der Waals surface area contributed by atoms with Gasteiger partial charge in [-0.05, 0) is 157 Å². The molecule has 0 radical (unpaired) electrons. The Balaban J connectivity index is 0.956. The van der Waals surface area contributed by atoms with Crippen LogP contribution >= 0.6 is 0 Å². The van der Waals surface area contributed by atoms with Crippen LogP contribution in [-0.4, -0.2) is 65.9 Å². The normalized spacial score (nSPS) is 30.8. The number of ether oxygens (including phenoxy) is 4. The zero-order chi connectivity index (χ0) is 57.0. The zero-order valence-corrected chi connectivity index (χ0v) is 48.2. The molecule has 2 bridgehead atoms. The number of allylic oxidation sites excluding steroid dienone is 4. The number of fused-ring (bicyclic) bond motifs is 16. The van der Waals surface area contributed by atoms with Crippen LogP contribution in [0.15, 0.2) is 136 Å². The average Bonchev–Trinajstić information content (AvgIpc) is 2.31. The second-order valence-electron chi connectivity index (χ2n) is 25.9. The second-order valence-corrected chi connectivity index (χ2v) is 25.9. The SMILES string of the molecule is COCC(CCO)c1c(CO)c2ccc3c(c2oc1=O)C1OC(=O)CC2CC(c4cccc(C56CCCCC5C=Cc5ccccc56)c4)C=CC2c2ccc(cc2)CCC(=C(C)CO)C(=O)OC1C1(CC=CC2CCC4(CCCC4)CC21)O3. The molecular formula is C72H80O11. The molecule has 0 amide bonds. The van der Waals surface area contributed by atoms with E-state index in [1.165, 1.54) is 42.2 Å². The van der Waals surface area contributed by atoms with Crippen LogP contribution in [0.4, 0.5) is 0 Å². The summed E-state index contributed by atoms with van der Waals surface area (Å²) >= 11 is 0.